The molecule has 0 spiro atoms. The zero-order valence-electron chi connectivity index (χ0n) is 6.73. The third-order valence-corrected chi connectivity index (χ3v) is 2.52. The van der Waals surface area contributed by atoms with E-state index < -0.39 is 0 Å². The minimum absolute atomic E-state index is 0.643. The number of thiazole rings is 1. The smallest absolute Gasteiger partial charge is 0.182 e. The van der Waals surface area contributed by atoms with Gasteiger partial charge in [0, 0.05) is 18.1 Å². The lowest BCUT2D eigenvalue weighted by molar-refractivity contribution is 0.780. The zero-order valence-corrected chi connectivity index (χ0v) is 7.55. The Morgan fingerprint density at radius 2 is 2.50 bits per heavy atom. The molecule has 2 rings (SSSR count). The van der Waals surface area contributed by atoms with Gasteiger partial charge in [-0.1, -0.05) is 6.08 Å². The van der Waals surface area contributed by atoms with Gasteiger partial charge < -0.3 is 10.6 Å². The van der Waals surface area contributed by atoms with Crippen LogP contribution in [0.15, 0.2) is 17.7 Å². The summed E-state index contributed by atoms with van der Waals surface area (Å²) >= 11 is 1.49. The molecule has 1 aromatic rings. The van der Waals surface area contributed by atoms with Gasteiger partial charge in [0.25, 0.3) is 0 Å². The second kappa shape index (κ2) is 3.15. The molecule has 0 bridgehead atoms. The molecular weight excluding hydrogens is 170 g/mol. The Kier molecular flexibility index (Phi) is 1.99. The van der Waals surface area contributed by atoms with Gasteiger partial charge in [0.2, 0.25) is 0 Å². The van der Waals surface area contributed by atoms with Crippen LogP contribution in [0.25, 0.3) is 0 Å². The fourth-order valence-electron chi connectivity index (χ4n) is 1.26. The summed E-state index contributed by atoms with van der Waals surface area (Å²) < 4.78 is 0. The summed E-state index contributed by atoms with van der Waals surface area (Å²) in [6, 6.07) is 0. The predicted molar refractivity (Wildman–Crippen MR) is 52.2 cm³/mol. The number of anilines is 2. The van der Waals surface area contributed by atoms with Crippen LogP contribution in [0.1, 0.15) is 12.8 Å². The van der Waals surface area contributed by atoms with Gasteiger partial charge in [-0.15, -0.1) is 11.3 Å². The molecule has 1 aromatic heterocycles. The lowest BCUT2D eigenvalue weighted by atomic mass is 10.2. The maximum Gasteiger partial charge on any atom is 0.182 e. The van der Waals surface area contributed by atoms with Gasteiger partial charge >= 0.3 is 0 Å². The maximum atomic E-state index is 5.54. The van der Waals surface area contributed by atoms with Crippen LogP contribution >= 0.6 is 11.3 Å². The summed E-state index contributed by atoms with van der Waals surface area (Å²) in [6.07, 6.45) is 6.63. The van der Waals surface area contributed by atoms with Crippen LogP contribution in [0.4, 0.5) is 10.9 Å². The van der Waals surface area contributed by atoms with Crippen molar-refractivity contribution in [3.8, 4) is 0 Å². The maximum absolute atomic E-state index is 5.54. The third-order valence-electron chi connectivity index (χ3n) is 1.86. The molecule has 4 heteroatoms. The Labute approximate surface area is 75.5 Å². The summed E-state index contributed by atoms with van der Waals surface area (Å²) in [7, 11) is 0. The normalized spacial score (nSPS) is 16.8. The molecule has 1 aliphatic rings. The topological polar surface area (TPSA) is 42.1 Å². The highest BCUT2D eigenvalue weighted by molar-refractivity contribution is 7.13. The van der Waals surface area contributed by atoms with Crippen molar-refractivity contribution in [3.05, 3.63) is 17.7 Å². The summed E-state index contributed by atoms with van der Waals surface area (Å²) in [4.78, 5) is 6.34. The molecule has 3 nitrogen and oxygen atoms in total. The first-order valence-electron chi connectivity index (χ1n) is 4.00. The number of hydrogen-bond acceptors (Lipinski definition) is 4. The molecule has 0 aliphatic carbocycles. The Balaban J connectivity index is 2.18. The van der Waals surface area contributed by atoms with Crippen LogP contribution in [0.5, 0.6) is 0 Å². The number of nitrogen functional groups attached to an aromatic ring is 1. The summed E-state index contributed by atoms with van der Waals surface area (Å²) in [5.41, 5.74) is 5.54. The van der Waals surface area contributed by atoms with Gasteiger partial charge in [-0.3, -0.25) is 0 Å². The molecule has 0 radical (unpaired) electrons. The Bertz CT molecular complexity index is 292. The van der Waals surface area contributed by atoms with E-state index in [4.69, 9.17) is 5.73 Å². The minimum atomic E-state index is 0.643. The number of nitrogens with zero attached hydrogens (tertiary/aromatic N) is 2. The average Bonchev–Trinajstić information content (AvgIpc) is 2.54. The zero-order chi connectivity index (χ0) is 8.39. The highest BCUT2D eigenvalue weighted by Gasteiger charge is 2.08. The molecule has 2 heterocycles. The van der Waals surface area contributed by atoms with Gasteiger partial charge in [0.05, 0.1) is 0 Å². The first kappa shape index (κ1) is 7.61. The lowest BCUT2D eigenvalue weighted by Crippen LogP contribution is -2.20. The van der Waals surface area contributed by atoms with E-state index in [2.05, 4.69) is 22.2 Å². The molecule has 0 aromatic carbocycles. The summed E-state index contributed by atoms with van der Waals surface area (Å²) in [5, 5.41) is 2.63. The van der Waals surface area contributed by atoms with E-state index in [9.17, 15) is 0 Å². The fourth-order valence-corrected chi connectivity index (χ4v) is 1.82. The number of nitrogens with two attached hydrogens (primary N) is 1. The van der Waals surface area contributed by atoms with Crippen molar-refractivity contribution in [2.75, 3.05) is 17.2 Å². The van der Waals surface area contributed by atoms with Crippen molar-refractivity contribution in [1.82, 2.24) is 4.98 Å². The van der Waals surface area contributed by atoms with E-state index in [1.807, 2.05) is 5.38 Å². The van der Waals surface area contributed by atoms with Crippen LogP contribution < -0.4 is 10.6 Å². The van der Waals surface area contributed by atoms with E-state index in [-0.39, 0.29) is 0 Å². The summed E-state index contributed by atoms with van der Waals surface area (Å²) in [6.45, 7) is 1.06. The largest absolute Gasteiger partial charge is 0.375 e. The Morgan fingerprint density at radius 1 is 1.58 bits per heavy atom. The van der Waals surface area contributed by atoms with E-state index in [0.717, 1.165) is 12.4 Å². The molecule has 64 valence electrons. The molecule has 0 amide bonds. The molecule has 12 heavy (non-hydrogen) atoms. The quantitative estimate of drug-likeness (QED) is 0.718. The molecule has 2 N–H and O–H groups in total. The SMILES string of the molecule is Nc1nc(N2C=CCCC2)cs1. The van der Waals surface area contributed by atoms with Crippen LogP contribution in [-0.4, -0.2) is 11.5 Å². The number of rotatable bonds is 1. The van der Waals surface area contributed by atoms with Gasteiger partial charge in [-0.2, -0.15) is 0 Å². The number of allylic oxidation sites excluding steroid dienone is 1. The lowest BCUT2D eigenvalue weighted by Gasteiger charge is -2.20. The minimum Gasteiger partial charge on any atom is -0.375 e. The molecule has 0 atom stereocenters. The fraction of sp³-hybridized carbons (Fsp3) is 0.375. The first-order valence-corrected chi connectivity index (χ1v) is 4.88. The Morgan fingerprint density at radius 3 is 3.08 bits per heavy atom. The molecule has 1 aliphatic heterocycles. The van der Waals surface area contributed by atoms with Crippen molar-refractivity contribution in [1.29, 1.82) is 0 Å². The third kappa shape index (κ3) is 1.43. The van der Waals surface area contributed by atoms with E-state index in [0.29, 0.717) is 5.13 Å². The molecule has 0 saturated carbocycles. The number of aromatic nitrogens is 1. The van der Waals surface area contributed by atoms with E-state index >= 15 is 0 Å². The van der Waals surface area contributed by atoms with Crippen molar-refractivity contribution in [2.24, 2.45) is 0 Å². The van der Waals surface area contributed by atoms with Crippen molar-refractivity contribution in [3.63, 3.8) is 0 Å². The molecule has 0 unspecified atom stereocenters. The van der Waals surface area contributed by atoms with Crippen molar-refractivity contribution < 1.29 is 0 Å². The van der Waals surface area contributed by atoms with Gasteiger partial charge in [0.1, 0.15) is 5.82 Å². The van der Waals surface area contributed by atoms with E-state index in [1.54, 1.807) is 0 Å². The molecule has 0 saturated heterocycles. The van der Waals surface area contributed by atoms with Crippen molar-refractivity contribution >= 4 is 22.3 Å². The van der Waals surface area contributed by atoms with Crippen LogP contribution in [0.2, 0.25) is 0 Å². The summed E-state index contributed by atoms with van der Waals surface area (Å²) in [5.74, 6) is 0.980. The highest BCUT2D eigenvalue weighted by Crippen LogP contribution is 2.22. The standard InChI is InChI=1S/C8H11N3S/c9-8-10-7(6-12-8)11-4-2-1-3-5-11/h2,4,6H,1,3,5H2,(H2,9,10). The molecule has 0 fully saturated rings. The monoisotopic (exact) mass is 181 g/mol. The van der Waals surface area contributed by atoms with Crippen molar-refractivity contribution in [2.45, 2.75) is 12.8 Å². The van der Waals surface area contributed by atoms with Crippen LogP contribution in [0.3, 0.4) is 0 Å². The van der Waals surface area contributed by atoms with Gasteiger partial charge in [0.15, 0.2) is 5.13 Å². The molecular formula is C8H11N3S. The number of hydrogen-bond donors (Lipinski definition) is 1. The Hall–Kier alpha value is -1.03. The predicted octanol–water partition coefficient (Wildman–Crippen LogP) is 1.84. The van der Waals surface area contributed by atoms with Crippen LogP contribution in [0, 0.1) is 0 Å². The second-order valence-electron chi connectivity index (χ2n) is 2.76. The highest BCUT2D eigenvalue weighted by atomic mass is 32.1. The first-order chi connectivity index (χ1) is 5.86. The van der Waals surface area contributed by atoms with Gasteiger partial charge in [-0.05, 0) is 12.8 Å². The second-order valence-corrected chi connectivity index (χ2v) is 3.65. The van der Waals surface area contributed by atoms with Crippen LogP contribution in [-0.2, 0) is 0 Å². The van der Waals surface area contributed by atoms with Gasteiger partial charge in [-0.25, -0.2) is 4.98 Å². The average molecular weight is 181 g/mol. The van der Waals surface area contributed by atoms with E-state index in [1.165, 1.54) is 24.2 Å².